The minimum atomic E-state index is -0.895. The molecule has 0 bridgehead atoms. The second-order valence-corrected chi connectivity index (χ2v) is 6.18. The van der Waals surface area contributed by atoms with Gasteiger partial charge in [-0.05, 0) is 49.9 Å². The fourth-order valence-corrected chi connectivity index (χ4v) is 2.36. The first kappa shape index (κ1) is 15.8. The number of rotatable bonds is 7. The van der Waals surface area contributed by atoms with Crippen LogP contribution < -0.4 is 10.1 Å². The summed E-state index contributed by atoms with van der Waals surface area (Å²) in [4.78, 5) is 22.9. The molecule has 2 atom stereocenters. The quantitative estimate of drug-likeness (QED) is 0.788. The zero-order valence-corrected chi connectivity index (χ0v) is 13.3. The van der Waals surface area contributed by atoms with Gasteiger partial charge in [-0.15, -0.1) is 0 Å². The number of benzene rings is 1. The lowest BCUT2D eigenvalue weighted by molar-refractivity contribution is -0.138. The Hall–Kier alpha value is -1.56. The predicted octanol–water partition coefficient (Wildman–Crippen LogP) is 2.59. The van der Waals surface area contributed by atoms with E-state index in [1.165, 1.54) is 0 Å². The van der Waals surface area contributed by atoms with Crippen molar-refractivity contribution in [1.82, 2.24) is 5.32 Å². The summed E-state index contributed by atoms with van der Waals surface area (Å²) < 4.78 is 6.49. The minimum Gasteiger partial charge on any atom is -0.481 e. The summed E-state index contributed by atoms with van der Waals surface area (Å²) in [5, 5.41) is 11.7. The maximum Gasteiger partial charge on any atom is 0.305 e. The molecule has 0 aliphatic heterocycles. The molecule has 6 heteroatoms. The van der Waals surface area contributed by atoms with Crippen LogP contribution in [0.25, 0.3) is 0 Å². The molecular formula is C15H18BrNO4. The number of carboxylic acid groups (broad SMARTS) is 1. The standard InChI is InChI=1S/C15H18BrNO4/c1-9(21-12-6-4-11(16)5-7-12)15(20)17-13(8-14(18)19)10-2-3-10/h4-7,9-10,13H,2-3,8H2,1H3,(H,17,20)(H,18,19). The van der Waals surface area contributed by atoms with Crippen molar-refractivity contribution < 1.29 is 19.4 Å². The van der Waals surface area contributed by atoms with Crippen molar-refractivity contribution in [2.75, 3.05) is 0 Å². The molecule has 1 saturated carbocycles. The lowest BCUT2D eigenvalue weighted by Gasteiger charge is -2.20. The molecule has 0 radical (unpaired) electrons. The van der Waals surface area contributed by atoms with E-state index in [0.717, 1.165) is 17.3 Å². The number of hydrogen-bond donors (Lipinski definition) is 2. The van der Waals surface area contributed by atoms with Crippen molar-refractivity contribution in [1.29, 1.82) is 0 Å². The summed E-state index contributed by atoms with van der Waals surface area (Å²) in [7, 11) is 0. The Kier molecular flexibility index (Phi) is 5.22. The second-order valence-electron chi connectivity index (χ2n) is 5.26. The van der Waals surface area contributed by atoms with Gasteiger partial charge >= 0.3 is 5.97 Å². The van der Waals surface area contributed by atoms with Gasteiger partial charge in [0.05, 0.1) is 6.42 Å². The average Bonchev–Trinajstić information content (AvgIpc) is 3.24. The molecule has 1 aliphatic rings. The van der Waals surface area contributed by atoms with Gasteiger partial charge in [0.25, 0.3) is 5.91 Å². The van der Waals surface area contributed by atoms with Crippen molar-refractivity contribution in [3.63, 3.8) is 0 Å². The Morgan fingerprint density at radius 2 is 2.00 bits per heavy atom. The molecule has 1 amide bonds. The molecule has 2 N–H and O–H groups in total. The number of nitrogens with one attached hydrogen (secondary N) is 1. The molecule has 0 saturated heterocycles. The third-order valence-corrected chi connectivity index (χ3v) is 3.94. The molecule has 21 heavy (non-hydrogen) atoms. The average molecular weight is 356 g/mol. The normalized spacial score (nSPS) is 16.9. The fraction of sp³-hybridized carbons (Fsp3) is 0.467. The van der Waals surface area contributed by atoms with Crippen LogP contribution in [0.2, 0.25) is 0 Å². The Labute approximate surface area is 131 Å². The van der Waals surface area contributed by atoms with Crippen LogP contribution in [0.15, 0.2) is 28.7 Å². The number of aliphatic carboxylic acids is 1. The van der Waals surface area contributed by atoms with Crippen molar-refractivity contribution >= 4 is 27.8 Å². The maximum absolute atomic E-state index is 12.1. The van der Waals surface area contributed by atoms with Crippen LogP contribution in [0, 0.1) is 5.92 Å². The lowest BCUT2D eigenvalue weighted by atomic mass is 10.1. The summed E-state index contributed by atoms with van der Waals surface area (Å²) in [6.45, 7) is 1.65. The van der Waals surface area contributed by atoms with Crippen molar-refractivity contribution in [3.8, 4) is 5.75 Å². The third-order valence-electron chi connectivity index (χ3n) is 3.41. The SMILES string of the molecule is CC(Oc1ccc(Br)cc1)C(=O)NC(CC(=O)O)C1CC1. The Bertz CT molecular complexity index is 513. The highest BCUT2D eigenvalue weighted by Crippen LogP contribution is 2.34. The van der Waals surface area contributed by atoms with Gasteiger partial charge in [-0.2, -0.15) is 0 Å². The molecule has 2 rings (SSSR count). The summed E-state index contributed by atoms with van der Waals surface area (Å²) in [6.07, 6.45) is 1.24. The van der Waals surface area contributed by atoms with Gasteiger partial charge in [-0.25, -0.2) is 0 Å². The van der Waals surface area contributed by atoms with Crippen molar-refractivity contribution in [2.45, 2.75) is 38.3 Å². The number of hydrogen-bond acceptors (Lipinski definition) is 3. The Morgan fingerprint density at radius 3 is 2.52 bits per heavy atom. The van der Waals surface area contributed by atoms with E-state index in [2.05, 4.69) is 21.2 Å². The van der Waals surface area contributed by atoms with Crippen LogP contribution in [0.3, 0.4) is 0 Å². The molecule has 5 nitrogen and oxygen atoms in total. The first-order valence-corrected chi connectivity index (χ1v) is 7.69. The third kappa shape index (κ3) is 5.04. The smallest absolute Gasteiger partial charge is 0.305 e. The Balaban J connectivity index is 1.88. The summed E-state index contributed by atoms with van der Waals surface area (Å²) in [5.41, 5.74) is 0. The number of ether oxygens (including phenoxy) is 1. The molecule has 1 aliphatic carbocycles. The van der Waals surface area contributed by atoms with Crippen molar-refractivity contribution in [2.24, 2.45) is 5.92 Å². The van der Waals surface area contributed by atoms with Crippen LogP contribution in [0.4, 0.5) is 0 Å². The highest BCUT2D eigenvalue weighted by Gasteiger charge is 2.34. The first-order valence-electron chi connectivity index (χ1n) is 6.90. The second kappa shape index (κ2) is 6.93. The number of carbonyl (C=O) groups excluding carboxylic acids is 1. The van der Waals surface area contributed by atoms with Gasteiger partial charge in [0, 0.05) is 10.5 Å². The van der Waals surface area contributed by atoms with E-state index in [1.54, 1.807) is 19.1 Å². The van der Waals surface area contributed by atoms with E-state index in [0.29, 0.717) is 5.75 Å². The lowest BCUT2D eigenvalue weighted by Crippen LogP contribution is -2.44. The molecule has 114 valence electrons. The first-order chi connectivity index (χ1) is 9.95. The molecular weight excluding hydrogens is 338 g/mol. The molecule has 2 unspecified atom stereocenters. The number of amides is 1. The van der Waals surface area contributed by atoms with E-state index in [4.69, 9.17) is 9.84 Å². The largest absolute Gasteiger partial charge is 0.481 e. The van der Waals surface area contributed by atoms with E-state index in [1.807, 2.05) is 12.1 Å². The van der Waals surface area contributed by atoms with Crippen LogP contribution in [-0.2, 0) is 9.59 Å². The van der Waals surface area contributed by atoms with Crippen LogP contribution in [0.1, 0.15) is 26.2 Å². The van der Waals surface area contributed by atoms with Gasteiger partial charge < -0.3 is 15.2 Å². The molecule has 0 aromatic heterocycles. The van der Waals surface area contributed by atoms with Crippen molar-refractivity contribution in [3.05, 3.63) is 28.7 Å². The van der Waals surface area contributed by atoms with Gasteiger partial charge in [-0.3, -0.25) is 9.59 Å². The van der Waals surface area contributed by atoms with Gasteiger partial charge in [0.1, 0.15) is 5.75 Å². The van der Waals surface area contributed by atoms with Gasteiger partial charge in [-0.1, -0.05) is 15.9 Å². The topological polar surface area (TPSA) is 75.6 Å². The Morgan fingerprint density at radius 1 is 1.38 bits per heavy atom. The molecule has 0 spiro atoms. The van der Waals surface area contributed by atoms with Crippen LogP contribution in [0.5, 0.6) is 5.75 Å². The zero-order valence-electron chi connectivity index (χ0n) is 11.7. The molecule has 0 heterocycles. The molecule has 1 aromatic carbocycles. The summed E-state index contributed by atoms with van der Waals surface area (Å²) in [5.74, 6) is -0.295. The minimum absolute atomic E-state index is 0.0403. The molecule has 1 aromatic rings. The fourth-order valence-electron chi connectivity index (χ4n) is 2.09. The zero-order chi connectivity index (χ0) is 15.4. The highest BCUT2D eigenvalue weighted by molar-refractivity contribution is 9.10. The number of halogens is 1. The summed E-state index contributed by atoms with van der Waals surface area (Å²) >= 11 is 3.33. The van der Waals surface area contributed by atoms with E-state index in [-0.39, 0.29) is 24.3 Å². The van der Waals surface area contributed by atoms with E-state index >= 15 is 0 Å². The maximum atomic E-state index is 12.1. The number of carbonyl (C=O) groups is 2. The number of carboxylic acids is 1. The summed E-state index contributed by atoms with van der Waals surface area (Å²) in [6, 6.07) is 6.90. The monoisotopic (exact) mass is 355 g/mol. The van der Waals surface area contributed by atoms with E-state index in [9.17, 15) is 9.59 Å². The predicted molar refractivity (Wildman–Crippen MR) is 81.1 cm³/mol. The molecule has 1 fully saturated rings. The highest BCUT2D eigenvalue weighted by atomic mass is 79.9. The van der Waals surface area contributed by atoms with Gasteiger partial charge in [0.2, 0.25) is 0 Å². The van der Waals surface area contributed by atoms with Crippen LogP contribution in [-0.4, -0.2) is 29.1 Å². The van der Waals surface area contributed by atoms with Gasteiger partial charge in [0.15, 0.2) is 6.10 Å². The van der Waals surface area contributed by atoms with Crippen LogP contribution >= 0.6 is 15.9 Å². The van der Waals surface area contributed by atoms with E-state index < -0.39 is 12.1 Å².